The lowest BCUT2D eigenvalue weighted by Gasteiger charge is -2.15. The van der Waals surface area contributed by atoms with Crippen molar-refractivity contribution in [3.63, 3.8) is 0 Å². The van der Waals surface area contributed by atoms with E-state index in [1.165, 1.54) is 6.08 Å². The molecule has 6 heteroatoms. The molecular formula is C10H11Cl2NO3. The number of allylic oxidation sites excluding steroid dienone is 2. The van der Waals surface area contributed by atoms with Gasteiger partial charge in [0.1, 0.15) is 17.1 Å². The Kier molecular flexibility index (Phi) is 4.83. The van der Waals surface area contributed by atoms with Crippen LogP contribution in [-0.2, 0) is 14.3 Å². The smallest absolute Gasteiger partial charge is 0.313 e. The second kappa shape index (κ2) is 5.92. The molecule has 1 aliphatic heterocycles. The van der Waals surface area contributed by atoms with Gasteiger partial charge in [0.15, 0.2) is 5.78 Å². The summed E-state index contributed by atoms with van der Waals surface area (Å²) in [5, 5.41) is 2.82. The fraction of sp³-hybridized carbons (Fsp3) is 0.400. The monoisotopic (exact) mass is 263 g/mol. The predicted molar refractivity (Wildman–Crippen MR) is 61.1 cm³/mol. The molecule has 0 fully saturated rings. The Morgan fingerprint density at radius 2 is 2.25 bits per heavy atom. The molecule has 0 bridgehead atoms. The summed E-state index contributed by atoms with van der Waals surface area (Å²) >= 11 is 11.5. The molecule has 0 aromatic rings. The summed E-state index contributed by atoms with van der Waals surface area (Å²) < 4.78 is 4.66. The van der Waals surface area contributed by atoms with E-state index in [1.54, 1.807) is 13.0 Å². The summed E-state index contributed by atoms with van der Waals surface area (Å²) in [6.07, 6.45) is 2.75. The molecule has 1 N–H and O–H groups in total. The SMILES string of the molecule is CCOC(=O)CC(=O)C1=C(Cl)NC(Cl)C=C1. The van der Waals surface area contributed by atoms with E-state index in [0.717, 1.165) is 0 Å². The lowest BCUT2D eigenvalue weighted by molar-refractivity contribution is -0.144. The van der Waals surface area contributed by atoms with Crippen molar-refractivity contribution in [2.75, 3.05) is 6.61 Å². The average molecular weight is 264 g/mol. The van der Waals surface area contributed by atoms with Crippen LogP contribution in [-0.4, -0.2) is 23.9 Å². The second-order valence-electron chi connectivity index (χ2n) is 3.04. The first-order valence-corrected chi connectivity index (χ1v) is 5.53. The van der Waals surface area contributed by atoms with Crippen LogP contribution >= 0.6 is 23.2 Å². The molecule has 1 unspecified atom stereocenters. The molecule has 4 nitrogen and oxygen atoms in total. The maximum Gasteiger partial charge on any atom is 0.313 e. The summed E-state index contributed by atoms with van der Waals surface area (Å²) in [6.45, 7) is 1.92. The van der Waals surface area contributed by atoms with Gasteiger partial charge in [-0.15, -0.1) is 0 Å². The molecule has 0 saturated heterocycles. The van der Waals surface area contributed by atoms with Crippen LogP contribution in [0, 0.1) is 0 Å². The number of nitrogens with one attached hydrogen (secondary N) is 1. The first-order chi connectivity index (χ1) is 7.54. The van der Waals surface area contributed by atoms with E-state index in [2.05, 4.69) is 10.1 Å². The largest absolute Gasteiger partial charge is 0.466 e. The van der Waals surface area contributed by atoms with Crippen LogP contribution in [0.25, 0.3) is 0 Å². The first kappa shape index (κ1) is 13.1. The zero-order chi connectivity index (χ0) is 12.1. The molecule has 0 amide bonds. The molecule has 0 aliphatic carbocycles. The minimum absolute atomic E-state index is 0.150. The number of carbonyl (C=O) groups is 2. The number of ketones is 1. The van der Waals surface area contributed by atoms with E-state index in [-0.39, 0.29) is 23.8 Å². The summed E-state index contributed by atoms with van der Waals surface area (Å²) in [5.41, 5.74) is -0.196. The zero-order valence-electron chi connectivity index (χ0n) is 8.63. The molecule has 1 aliphatic rings. The number of halogens is 2. The molecule has 0 spiro atoms. The van der Waals surface area contributed by atoms with Gasteiger partial charge in [0.2, 0.25) is 0 Å². The summed E-state index contributed by atoms with van der Waals surface area (Å²) in [7, 11) is 0. The Balaban J connectivity index is 2.65. The van der Waals surface area contributed by atoms with Gasteiger partial charge in [0.25, 0.3) is 0 Å². The van der Waals surface area contributed by atoms with Crippen molar-refractivity contribution in [3.8, 4) is 0 Å². The van der Waals surface area contributed by atoms with E-state index < -0.39 is 17.3 Å². The van der Waals surface area contributed by atoms with E-state index in [4.69, 9.17) is 23.2 Å². The van der Waals surface area contributed by atoms with E-state index in [0.29, 0.717) is 0 Å². The van der Waals surface area contributed by atoms with Gasteiger partial charge in [-0.25, -0.2) is 0 Å². The summed E-state index contributed by atoms with van der Waals surface area (Å²) in [5.74, 6) is -0.957. The molecule has 16 heavy (non-hydrogen) atoms. The molecular weight excluding hydrogens is 253 g/mol. The van der Waals surface area contributed by atoms with Crippen LogP contribution in [0.5, 0.6) is 0 Å². The Bertz CT molecular complexity index is 363. The van der Waals surface area contributed by atoms with Crippen molar-refractivity contribution in [2.24, 2.45) is 0 Å². The number of esters is 1. The average Bonchev–Trinajstić information content (AvgIpc) is 2.17. The van der Waals surface area contributed by atoms with Crippen molar-refractivity contribution in [3.05, 3.63) is 22.9 Å². The van der Waals surface area contributed by atoms with Crippen LogP contribution in [0.3, 0.4) is 0 Å². The van der Waals surface area contributed by atoms with Crippen molar-refractivity contribution < 1.29 is 14.3 Å². The number of ether oxygens (including phenoxy) is 1. The van der Waals surface area contributed by atoms with Crippen molar-refractivity contribution >= 4 is 35.0 Å². The van der Waals surface area contributed by atoms with Gasteiger partial charge in [0, 0.05) is 0 Å². The van der Waals surface area contributed by atoms with Crippen LogP contribution in [0.4, 0.5) is 0 Å². The minimum atomic E-state index is -0.564. The van der Waals surface area contributed by atoms with Crippen LogP contribution in [0.2, 0.25) is 0 Å². The molecule has 88 valence electrons. The molecule has 0 aromatic carbocycles. The molecule has 1 atom stereocenters. The Hall–Kier alpha value is -1.00. The first-order valence-electron chi connectivity index (χ1n) is 4.72. The van der Waals surface area contributed by atoms with Crippen molar-refractivity contribution in [2.45, 2.75) is 18.8 Å². The highest BCUT2D eigenvalue weighted by molar-refractivity contribution is 6.33. The zero-order valence-corrected chi connectivity index (χ0v) is 10.1. The second-order valence-corrected chi connectivity index (χ2v) is 3.89. The van der Waals surface area contributed by atoms with Gasteiger partial charge in [-0.1, -0.05) is 23.2 Å². The van der Waals surface area contributed by atoms with Crippen molar-refractivity contribution in [1.29, 1.82) is 0 Å². The van der Waals surface area contributed by atoms with Gasteiger partial charge >= 0.3 is 5.97 Å². The van der Waals surface area contributed by atoms with Crippen molar-refractivity contribution in [1.82, 2.24) is 5.32 Å². The maximum absolute atomic E-state index is 11.6. The number of rotatable bonds is 4. The Morgan fingerprint density at radius 3 is 2.81 bits per heavy atom. The van der Waals surface area contributed by atoms with E-state index in [9.17, 15) is 9.59 Å². The highest BCUT2D eigenvalue weighted by atomic mass is 35.5. The molecule has 1 rings (SSSR count). The minimum Gasteiger partial charge on any atom is -0.466 e. The third-order valence-corrected chi connectivity index (χ3v) is 2.41. The maximum atomic E-state index is 11.6. The highest BCUT2D eigenvalue weighted by Gasteiger charge is 2.20. The number of dihydropyridines is 1. The fourth-order valence-electron chi connectivity index (χ4n) is 1.15. The summed E-state index contributed by atoms with van der Waals surface area (Å²) in [4.78, 5) is 22.7. The molecule has 1 heterocycles. The fourth-order valence-corrected chi connectivity index (χ4v) is 1.68. The standard InChI is InChI=1S/C10H11Cl2NO3/c1-2-16-9(15)5-7(14)6-3-4-8(11)13-10(6)12/h3-4,8,13H,2,5H2,1H3. The van der Waals surface area contributed by atoms with Crippen LogP contribution in [0.1, 0.15) is 13.3 Å². The number of carbonyl (C=O) groups excluding carboxylic acids is 2. The number of hydrogen-bond acceptors (Lipinski definition) is 4. The molecule has 0 aromatic heterocycles. The quantitative estimate of drug-likeness (QED) is 0.363. The van der Waals surface area contributed by atoms with Gasteiger partial charge in [-0.05, 0) is 19.1 Å². The van der Waals surface area contributed by atoms with E-state index in [1.807, 2.05) is 0 Å². The number of hydrogen-bond donors (Lipinski definition) is 1. The lowest BCUT2D eigenvalue weighted by Crippen LogP contribution is -2.25. The number of Topliss-reactive ketones (excluding diaryl/α,β-unsaturated/α-hetero) is 1. The predicted octanol–water partition coefficient (Wildman–Crippen LogP) is 1.68. The van der Waals surface area contributed by atoms with Crippen LogP contribution < -0.4 is 5.32 Å². The lowest BCUT2D eigenvalue weighted by atomic mass is 10.1. The normalized spacial score (nSPS) is 19.3. The number of alkyl halides is 1. The van der Waals surface area contributed by atoms with Gasteiger partial charge in [-0.3, -0.25) is 9.59 Å². The third kappa shape index (κ3) is 3.54. The molecule has 0 radical (unpaired) electrons. The highest BCUT2D eigenvalue weighted by Crippen LogP contribution is 2.18. The van der Waals surface area contributed by atoms with Gasteiger partial charge in [0.05, 0.1) is 12.2 Å². The van der Waals surface area contributed by atoms with Gasteiger partial charge < -0.3 is 10.1 Å². The molecule has 0 saturated carbocycles. The van der Waals surface area contributed by atoms with E-state index >= 15 is 0 Å². The van der Waals surface area contributed by atoms with Crippen LogP contribution in [0.15, 0.2) is 22.9 Å². The third-order valence-electron chi connectivity index (χ3n) is 1.84. The van der Waals surface area contributed by atoms with Gasteiger partial charge in [-0.2, -0.15) is 0 Å². The topological polar surface area (TPSA) is 55.4 Å². The Morgan fingerprint density at radius 1 is 1.56 bits per heavy atom. The summed E-state index contributed by atoms with van der Waals surface area (Å²) in [6, 6.07) is 0. The Labute approximate surface area is 103 Å².